The SMILES string of the molecule is Cc1ccc(S(=O)(=O)N2C[C@H]3C(=O)C[C@@H](c4cccc(Cl)c4)N(S(=O)(=O)c4ccc(C)cc4)[C@H]3C[C@H]2c2ccc(Cl)cc2)cc1. The lowest BCUT2D eigenvalue weighted by Gasteiger charge is -2.51. The van der Waals surface area contributed by atoms with Crippen molar-refractivity contribution in [1.29, 1.82) is 0 Å². The fourth-order valence-electron chi connectivity index (χ4n) is 6.47. The van der Waals surface area contributed by atoms with Crippen molar-refractivity contribution in [2.75, 3.05) is 6.54 Å². The van der Waals surface area contributed by atoms with Crippen molar-refractivity contribution >= 4 is 49.0 Å². The van der Waals surface area contributed by atoms with Crippen molar-refractivity contribution in [1.82, 2.24) is 8.61 Å². The number of piperidine rings is 2. The molecular weight excluding hydrogens is 651 g/mol. The molecule has 2 heterocycles. The van der Waals surface area contributed by atoms with E-state index in [1.165, 1.54) is 8.61 Å². The second-order valence-corrected chi connectivity index (χ2v) is 16.4. The smallest absolute Gasteiger partial charge is 0.243 e. The third-order valence-corrected chi connectivity index (χ3v) is 13.1. The fourth-order valence-corrected chi connectivity index (χ4v) is 10.3. The van der Waals surface area contributed by atoms with E-state index < -0.39 is 44.1 Å². The van der Waals surface area contributed by atoms with Gasteiger partial charge in [-0.25, -0.2) is 16.8 Å². The number of hydrogen-bond acceptors (Lipinski definition) is 5. The Hall–Kier alpha value is -3.05. The van der Waals surface area contributed by atoms with Crippen LogP contribution < -0.4 is 0 Å². The number of hydrogen-bond donors (Lipinski definition) is 0. The molecule has 0 amide bonds. The molecule has 4 aromatic carbocycles. The Morgan fingerprint density at radius 2 is 1.24 bits per heavy atom. The van der Waals surface area contributed by atoms with E-state index in [0.717, 1.165) is 11.1 Å². The maximum absolute atomic E-state index is 14.6. The third kappa shape index (κ3) is 6.10. The van der Waals surface area contributed by atoms with Crippen LogP contribution in [0.3, 0.4) is 0 Å². The van der Waals surface area contributed by atoms with Crippen LogP contribution in [-0.2, 0) is 24.8 Å². The van der Waals surface area contributed by atoms with Crippen LogP contribution in [0.5, 0.6) is 0 Å². The molecule has 0 aliphatic carbocycles. The number of halogens is 2. The maximum atomic E-state index is 14.6. The number of sulfonamides is 2. The van der Waals surface area contributed by atoms with E-state index >= 15 is 0 Å². The summed E-state index contributed by atoms with van der Waals surface area (Å²) in [7, 11) is -8.23. The highest BCUT2D eigenvalue weighted by molar-refractivity contribution is 7.89. The zero-order valence-corrected chi connectivity index (χ0v) is 27.8. The summed E-state index contributed by atoms with van der Waals surface area (Å²) in [5.41, 5.74) is 3.07. The number of benzene rings is 4. The molecule has 4 aromatic rings. The van der Waals surface area contributed by atoms with Crippen LogP contribution in [-0.4, -0.2) is 43.8 Å². The molecule has 0 N–H and O–H groups in total. The molecule has 0 radical (unpaired) electrons. The first-order valence-corrected chi connectivity index (χ1v) is 18.2. The summed E-state index contributed by atoms with van der Waals surface area (Å²) >= 11 is 12.6. The highest BCUT2D eigenvalue weighted by Gasteiger charge is 2.54. The number of rotatable bonds is 6. The Balaban J connectivity index is 1.51. The van der Waals surface area contributed by atoms with Gasteiger partial charge in [-0.15, -0.1) is 0 Å². The summed E-state index contributed by atoms with van der Waals surface area (Å²) in [6.45, 7) is 3.58. The van der Waals surface area contributed by atoms with Gasteiger partial charge in [-0.05, 0) is 79.9 Å². The molecule has 4 atom stereocenters. The van der Waals surface area contributed by atoms with Crippen LogP contribution in [0.1, 0.15) is 47.2 Å². The van der Waals surface area contributed by atoms with Crippen LogP contribution in [0, 0.1) is 19.8 Å². The van der Waals surface area contributed by atoms with Crippen molar-refractivity contribution in [2.45, 2.75) is 54.6 Å². The molecule has 45 heavy (non-hydrogen) atoms. The van der Waals surface area contributed by atoms with E-state index in [1.807, 2.05) is 13.8 Å². The largest absolute Gasteiger partial charge is 0.299 e. The van der Waals surface area contributed by atoms with Gasteiger partial charge in [0, 0.05) is 35.0 Å². The molecule has 0 aromatic heterocycles. The second kappa shape index (κ2) is 12.3. The summed E-state index contributed by atoms with van der Waals surface area (Å²) in [4.78, 5) is 14.2. The zero-order valence-electron chi connectivity index (χ0n) is 24.7. The minimum Gasteiger partial charge on any atom is -0.299 e. The van der Waals surface area contributed by atoms with Crippen LogP contribution in [0.4, 0.5) is 0 Å². The normalized spacial score (nSPS) is 23.1. The fraction of sp³-hybridized carbons (Fsp3) is 0.265. The average molecular weight is 684 g/mol. The lowest BCUT2D eigenvalue weighted by molar-refractivity contribution is -0.132. The lowest BCUT2D eigenvalue weighted by Crippen LogP contribution is -2.60. The van der Waals surface area contributed by atoms with Gasteiger partial charge in [0.05, 0.1) is 21.9 Å². The minimum absolute atomic E-state index is 0.0608. The molecule has 0 spiro atoms. The number of carbonyl (C=O) groups is 1. The van der Waals surface area contributed by atoms with Gasteiger partial charge in [0.25, 0.3) is 0 Å². The first-order valence-electron chi connectivity index (χ1n) is 14.6. The van der Waals surface area contributed by atoms with Crippen LogP contribution >= 0.6 is 23.2 Å². The van der Waals surface area contributed by atoms with Crippen molar-refractivity contribution < 1.29 is 21.6 Å². The van der Waals surface area contributed by atoms with Gasteiger partial charge < -0.3 is 0 Å². The van der Waals surface area contributed by atoms with E-state index in [0.29, 0.717) is 21.2 Å². The first-order chi connectivity index (χ1) is 21.4. The monoisotopic (exact) mass is 682 g/mol. The van der Waals surface area contributed by atoms with E-state index in [1.54, 1.807) is 97.1 Å². The van der Waals surface area contributed by atoms with Crippen LogP contribution in [0.15, 0.2) is 107 Å². The molecule has 0 unspecified atom stereocenters. The summed E-state index contributed by atoms with van der Waals surface area (Å²) in [6, 6.07) is 24.5. The molecule has 7 nitrogen and oxygen atoms in total. The summed E-state index contributed by atoms with van der Waals surface area (Å²) < 4.78 is 60.4. The maximum Gasteiger partial charge on any atom is 0.243 e. The number of ketones is 1. The van der Waals surface area contributed by atoms with Gasteiger partial charge in [0.2, 0.25) is 20.0 Å². The highest BCUT2D eigenvalue weighted by atomic mass is 35.5. The van der Waals surface area contributed by atoms with Gasteiger partial charge >= 0.3 is 0 Å². The average Bonchev–Trinajstić information content (AvgIpc) is 3.01. The zero-order chi connectivity index (χ0) is 32.1. The molecule has 2 saturated heterocycles. The Kier molecular flexibility index (Phi) is 8.71. The lowest BCUT2D eigenvalue weighted by atomic mass is 9.77. The summed E-state index contributed by atoms with van der Waals surface area (Å²) in [5, 5.41) is 0.908. The van der Waals surface area contributed by atoms with Crippen molar-refractivity contribution in [3.05, 3.63) is 129 Å². The second-order valence-electron chi connectivity index (χ2n) is 11.8. The van der Waals surface area contributed by atoms with Gasteiger partial charge in [-0.1, -0.05) is 82.9 Å². The Morgan fingerprint density at radius 1 is 0.667 bits per heavy atom. The van der Waals surface area contributed by atoms with E-state index in [9.17, 15) is 21.6 Å². The Labute approximate surface area is 274 Å². The summed E-state index contributed by atoms with van der Waals surface area (Å²) in [5.74, 6) is -1.08. The Bertz CT molecular complexity index is 1950. The number of carbonyl (C=O) groups excluding carboxylic acids is 1. The van der Waals surface area contributed by atoms with Crippen molar-refractivity contribution in [3.8, 4) is 0 Å². The predicted octanol–water partition coefficient (Wildman–Crippen LogP) is 7.14. The van der Waals surface area contributed by atoms with Crippen LogP contribution in [0.2, 0.25) is 10.0 Å². The highest BCUT2D eigenvalue weighted by Crippen LogP contribution is 2.48. The molecule has 2 aliphatic rings. The van der Waals surface area contributed by atoms with Crippen molar-refractivity contribution in [3.63, 3.8) is 0 Å². The van der Waals surface area contributed by atoms with E-state index in [2.05, 4.69) is 0 Å². The molecule has 2 aliphatic heterocycles. The van der Waals surface area contributed by atoms with Gasteiger partial charge in [0.15, 0.2) is 0 Å². The van der Waals surface area contributed by atoms with E-state index in [-0.39, 0.29) is 35.0 Å². The molecule has 234 valence electrons. The number of aryl methyl sites for hydroxylation is 2. The third-order valence-electron chi connectivity index (χ3n) is 8.81. The summed E-state index contributed by atoms with van der Waals surface area (Å²) in [6.07, 6.45) is -0.0537. The standard InChI is InChI=1S/C34H32Cl2N2O5S2/c1-22-6-14-28(15-7-22)44(40,41)37-21-30-33(19-31(37)24-10-12-26(35)13-11-24)38(45(42,43)29-16-8-23(2)9-17-29)32(20-34(30)39)25-4-3-5-27(36)18-25/h3-18,30-33H,19-21H2,1-2H3/t30-,31+,32+,33+/m1/s1. The molecule has 0 saturated carbocycles. The number of nitrogens with zero attached hydrogens (tertiary/aromatic N) is 2. The minimum atomic E-state index is -4.16. The number of Topliss-reactive ketones (excluding diaryl/α,β-unsaturated/α-hetero) is 1. The molecule has 0 bridgehead atoms. The molecule has 2 fully saturated rings. The number of fused-ring (bicyclic) bond motifs is 1. The van der Waals surface area contributed by atoms with Gasteiger partial charge in [-0.3, -0.25) is 4.79 Å². The van der Waals surface area contributed by atoms with Gasteiger partial charge in [0.1, 0.15) is 5.78 Å². The predicted molar refractivity (Wildman–Crippen MR) is 175 cm³/mol. The molecule has 11 heteroatoms. The first kappa shape index (κ1) is 31.9. The van der Waals surface area contributed by atoms with E-state index in [4.69, 9.17) is 23.2 Å². The van der Waals surface area contributed by atoms with Gasteiger partial charge in [-0.2, -0.15) is 8.61 Å². The topological polar surface area (TPSA) is 91.8 Å². The van der Waals surface area contributed by atoms with Crippen LogP contribution in [0.25, 0.3) is 0 Å². The van der Waals surface area contributed by atoms with Crippen molar-refractivity contribution in [2.24, 2.45) is 5.92 Å². The quantitative estimate of drug-likeness (QED) is 0.216. The molecule has 6 rings (SSSR count). The molecular formula is C34H32Cl2N2O5S2. The Morgan fingerprint density at radius 3 is 1.82 bits per heavy atom.